The van der Waals surface area contributed by atoms with Crippen molar-refractivity contribution in [2.45, 2.75) is 64.3 Å². The van der Waals surface area contributed by atoms with Crippen LogP contribution in [0, 0.1) is 5.82 Å². The van der Waals surface area contributed by atoms with Gasteiger partial charge in [-0.05, 0) is 58.2 Å². The number of halogens is 1. The number of ether oxygens (including phenoxy) is 1. The summed E-state index contributed by atoms with van der Waals surface area (Å²) in [6, 6.07) is 3.72. The van der Waals surface area contributed by atoms with Gasteiger partial charge in [0.1, 0.15) is 23.0 Å². The summed E-state index contributed by atoms with van der Waals surface area (Å²) in [4.78, 5) is 7.91. The van der Waals surface area contributed by atoms with Crippen molar-refractivity contribution in [2.75, 3.05) is 11.9 Å². The van der Waals surface area contributed by atoms with Crippen molar-refractivity contribution in [3.8, 4) is 27.6 Å². The van der Waals surface area contributed by atoms with Crippen LogP contribution < -0.4 is 15.0 Å². The lowest BCUT2D eigenvalue weighted by Gasteiger charge is -2.48. The number of benzene rings is 1. The molecule has 0 spiro atoms. The predicted molar refractivity (Wildman–Crippen MR) is 120 cm³/mol. The first-order valence-electron chi connectivity index (χ1n) is 10.5. The third kappa shape index (κ3) is 3.70. The van der Waals surface area contributed by atoms with E-state index in [4.69, 9.17) is 9.72 Å². The number of hydrogen-bond donors (Lipinski definition) is 2. The summed E-state index contributed by atoms with van der Waals surface area (Å²) in [5.74, 6) is 0.256. The highest BCUT2D eigenvalue weighted by molar-refractivity contribution is 7.19. The Labute approximate surface area is 185 Å². The number of thiazole rings is 1. The van der Waals surface area contributed by atoms with Crippen LogP contribution in [0.5, 0.6) is 5.88 Å². The molecule has 7 nitrogen and oxygen atoms in total. The van der Waals surface area contributed by atoms with Crippen molar-refractivity contribution in [3.63, 3.8) is 0 Å². The van der Waals surface area contributed by atoms with E-state index in [1.807, 2.05) is 0 Å². The summed E-state index contributed by atoms with van der Waals surface area (Å²) < 4.78 is 20.9. The van der Waals surface area contributed by atoms with Crippen LogP contribution in [0.1, 0.15) is 46.1 Å². The molecule has 0 unspecified atom stereocenters. The quantitative estimate of drug-likeness (QED) is 0.627. The van der Waals surface area contributed by atoms with Crippen molar-refractivity contribution in [3.05, 3.63) is 29.7 Å². The smallest absolute Gasteiger partial charge is 0.234 e. The summed E-state index contributed by atoms with van der Waals surface area (Å²) in [6.45, 7) is 9.34. The zero-order valence-corrected chi connectivity index (χ0v) is 19.2. The van der Waals surface area contributed by atoms with Crippen LogP contribution in [-0.4, -0.2) is 44.6 Å². The highest BCUT2D eigenvalue weighted by Crippen LogP contribution is 2.46. The molecule has 0 atom stereocenters. The molecule has 0 bridgehead atoms. The minimum Gasteiger partial charge on any atom is -0.472 e. The largest absolute Gasteiger partial charge is 0.472 e. The van der Waals surface area contributed by atoms with Gasteiger partial charge in [-0.15, -0.1) is 0 Å². The second kappa shape index (κ2) is 7.00. The number of nitrogens with one attached hydrogen (secondary N) is 2. The molecule has 5 rings (SSSR count). The van der Waals surface area contributed by atoms with Crippen molar-refractivity contribution in [1.29, 1.82) is 0 Å². The molecular formula is C22H27FN6OS. The Kier molecular flexibility index (Phi) is 4.60. The van der Waals surface area contributed by atoms with Crippen LogP contribution in [0.2, 0.25) is 0 Å². The average Bonchev–Trinajstić information content (AvgIpc) is 3.34. The Hall–Kier alpha value is -2.52. The molecule has 2 aliphatic rings. The van der Waals surface area contributed by atoms with E-state index in [9.17, 15) is 4.39 Å². The summed E-state index contributed by atoms with van der Waals surface area (Å²) in [7, 11) is 2.10. The Morgan fingerprint density at radius 2 is 1.90 bits per heavy atom. The number of H-pyrrole nitrogens is 1. The van der Waals surface area contributed by atoms with E-state index in [-0.39, 0.29) is 16.9 Å². The van der Waals surface area contributed by atoms with Gasteiger partial charge in [0, 0.05) is 35.3 Å². The Morgan fingerprint density at radius 1 is 1.16 bits per heavy atom. The molecule has 31 heavy (non-hydrogen) atoms. The van der Waals surface area contributed by atoms with E-state index in [1.165, 1.54) is 6.20 Å². The van der Waals surface area contributed by atoms with Crippen molar-refractivity contribution < 1.29 is 9.13 Å². The maximum Gasteiger partial charge on any atom is 0.234 e. The molecule has 0 amide bonds. The maximum absolute atomic E-state index is 14.9. The van der Waals surface area contributed by atoms with Gasteiger partial charge in [-0.1, -0.05) is 11.3 Å². The standard InChI is InChI=1S/C22H27FN6OS/c1-21(2)8-13(9-22(3,4)27-21)29(5)20-25-19-18(31-20)14-7-16(23)15(6-12(14)11-30-19)17-10-24-28-26-17/h6-7,10,13,27H,8-9,11H2,1-5H3,(H,24,26,28). The first kappa shape index (κ1) is 20.4. The molecule has 2 aliphatic heterocycles. The summed E-state index contributed by atoms with van der Waals surface area (Å²) in [5.41, 5.74) is 2.75. The lowest BCUT2D eigenvalue weighted by molar-refractivity contribution is 0.161. The van der Waals surface area contributed by atoms with E-state index < -0.39 is 0 Å². The fraction of sp³-hybridized carbons (Fsp3) is 0.500. The molecule has 3 aromatic rings. The minimum absolute atomic E-state index is 0.0430. The second-order valence-corrected chi connectivity index (χ2v) is 10.8. The lowest BCUT2D eigenvalue weighted by atomic mass is 9.79. The van der Waals surface area contributed by atoms with Crippen molar-refractivity contribution >= 4 is 16.5 Å². The first-order valence-corrected chi connectivity index (χ1v) is 11.3. The van der Waals surface area contributed by atoms with E-state index >= 15 is 0 Å². The topological polar surface area (TPSA) is 79.0 Å². The van der Waals surface area contributed by atoms with Gasteiger partial charge < -0.3 is 15.0 Å². The van der Waals surface area contributed by atoms with Crippen LogP contribution >= 0.6 is 11.3 Å². The third-order valence-electron chi connectivity index (χ3n) is 6.10. The summed E-state index contributed by atoms with van der Waals surface area (Å²) in [6.07, 6.45) is 3.55. The molecule has 164 valence electrons. The third-order valence-corrected chi connectivity index (χ3v) is 7.26. The van der Waals surface area contributed by atoms with Crippen LogP contribution in [0.3, 0.4) is 0 Å². The lowest BCUT2D eigenvalue weighted by Crippen LogP contribution is -2.61. The molecule has 1 fully saturated rings. The Morgan fingerprint density at radius 3 is 2.58 bits per heavy atom. The number of aromatic amines is 1. The van der Waals surface area contributed by atoms with Crippen molar-refractivity contribution in [2.24, 2.45) is 0 Å². The maximum atomic E-state index is 14.9. The molecule has 0 aliphatic carbocycles. The predicted octanol–water partition coefficient (Wildman–Crippen LogP) is 4.37. The monoisotopic (exact) mass is 442 g/mol. The van der Waals surface area contributed by atoms with Gasteiger partial charge in [0.2, 0.25) is 5.88 Å². The first-order chi connectivity index (χ1) is 14.6. The molecule has 0 radical (unpaired) electrons. The van der Waals surface area contributed by atoms with Gasteiger partial charge in [-0.3, -0.25) is 0 Å². The number of nitrogens with zero attached hydrogens (tertiary/aromatic N) is 4. The van der Waals surface area contributed by atoms with Gasteiger partial charge in [-0.25, -0.2) is 4.39 Å². The van der Waals surface area contributed by atoms with Gasteiger partial charge in [0.15, 0.2) is 5.13 Å². The van der Waals surface area contributed by atoms with Gasteiger partial charge in [-0.2, -0.15) is 20.4 Å². The number of hydrogen-bond acceptors (Lipinski definition) is 7. The number of anilines is 1. The zero-order chi connectivity index (χ0) is 22.0. The van der Waals surface area contributed by atoms with Gasteiger partial charge in [0.25, 0.3) is 0 Å². The number of fused-ring (bicyclic) bond motifs is 3. The van der Waals surface area contributed by atoms with E-state index in [1.54, 1.807) is 23.5 Å². The zero-order valence-electron chi connectivity index (χ0n) is 18.4. The minimum atomic E-state index is -0.328. The van der Waals surface area contributed by atoms with E-state index in [2.05, 4.69) is 60.4 Å². The van der Waals surface area contributed by atoms with E-state index in [0.717, 1.165) is 34.0 Å². The summed E-state index contributed by atoms with van der Waals surface area (Å²) in [5, 5.41) is 15.0. The molecule has 9 heteroatoms. The molecule has 0 saturated carbocycles. The molecule has 2 aromatic heterocycles. The molecule has 2 N–H and O–H groups in total. The van der Waals surface area contributed by atoms with Crippen molar-refractivity contribution in [1.82, 2.24) is 25.7 Å². The summed E-state index contributed by atoms with van der Waals surface area (Å²) >= 11 is 1.56. The highest BCUT2D eigenvalue weighted by atomic mass is 32.1. The SMILES string of the molecule is CN(c1nc2c(s1)-c1cc(F)c(-c3cn[nH]n3)cc1CO2)C1CC(C)(C)NC(C)(C)C1. The average molecular weight is 443 g/mol. The van der Waals surface area contributed by atoms with Crippen LogP contribution in [0.15, 0.2) is 18.3 Å². The second-order valence-electron chi connectivity index (χ2n) is 9.83. The molecule has 1 aromatic carbocycles. The van der Waals surface area contributed by atoms with Crippen LogP contribution in [-0.2, 0) is 6.61 Å². The van der Waals surface area contributed by atoms with Crippen LogP contribution in [0.25, 0.3) is 21.7 Å². The fourth-order valence-electron chi connectivity index (χ4n) is 5.04. The fourth-order valence-corrected chi connectivity index (χ4v) is 6.13. The Balaban J connectivity index is 1.48. The van der Waals surface area contributed by atoms with Crippen LogP contribution in [0.4, 0.5) is 9.52 Å². The molecule has 1 saturated heterocycles. The number of rotatable bonds is 3. The van der Waals surface area contributed by atoms with E-state index in [0.29, 0.717) is 29.8 Å². The normalized spacial score (nSPS) is 19.4. The Bertz CT molecular complexity index is 1110. The molecule has 4 heterocycles. The van der Waals surface area contributed by atoms with Gasteiger partial charge in [0.05, 0.1) is 6.20 Å². The van der Waals surface area contributed by atoms with Gasteiger partial charge >= 0.3 is 0 Å². The highest BCUT2D eigenvalue weighted by Gasteiger charge is 2.40. The molecular weight excluding hydrogens is 415 g/mol. The number of piperidine rings is 1. The number of aromatic nitrogens is 4.